The molecule has 0 radical (unpaired) electrons. The molecule has 3 aromatic heterocycles. The number of fused-ring (bicyclic) bond motifs is 8. The molecule has 7 aromatic rings. The van der Waals surface area contributed by atoms with E-state index in [1.807, 2.05) is 229 Å². The van der Waals surface area contributed by atoms with Crippen LogP contribution >= 0.6 is 0 Å². The van der Waals surface area contributed by atoms with Crippen LogP contribution in [0.15, 0.2) is 131 Å². The van der Waals surface area contributed by atoms with Gasteiger partial charge in [0.05, 0.1) is 34.2 Å². The SMILES string of the molecule is CC(C)(C)C(=O)Nc1ccccc1-c1c2nc(c(-c3ccccc3N=C(O)C(C)(C)C)c3ccc([nH]3)c(-c3ccccc3N=C(O)C(C)(C)C)c3ccc([nH]3)c(-c3ccccc3NC(=O)C(C)(C)C)c3nc1C=C3)C=C2. The highest BCUT2D eigenvalue weighted by atomic mass is 16.3. The molecule has 0 spiro atoms. The van der Waals surface area contributed by atoms with E-state index in [-0.39, 0.29) is 23.6 Å². The van der Waals surface area contributed by atoms with Gasteiger partial charge in [-0.15, -0.1) is 0 Å². The molecule has 12 nitrogen and oxygen atoms in total. The van der Waals surface area contributed by atoms with Gasteiger partial charge in [-0.2, -0.15) is 0 Å². The summed E-state index contributed by atoms with van der Waals surface area (Å²) in [7, 11) is 0. The van der Waals surface area contributed by atoms with Crippen molar-refractivity contribution < 1.29 is 19.8 Å². The second-order valence-corrected chi connectivity index (χ2v) is 23.4. The molecule has 6 N–H and O–H groups in total. The second kappa shape index (κ2) is 19.9. The van der Waals surface area contributed by atoms with Crippen molar-refractivity contribution in [2.24, 2.45) is 31.6 Å². The average Bonchev–Trinajstić information content (AvgIpc) is 4.23. The van der Waals surface area contributed by atoms with Gasteiger partial charge in [0.1, 0.15) is 0 Å². The number of H-pyrrole nitrogens is 2. The largest absolute Gasteiger partial charge is 0.496 e. The Hall–Kier alpha value is -8.64. The Bertz CT molecular complexity index is 3760. The van der Waals surface area contributed by atoms with Crippen molar-refractivity contribution in [1.29, 1.82) is 0 Å². The normalized spacial score (nSPS) is 13.3. The minimum atomic E-state index is -0.693. The van der Waals surface area contributed by atoms with Crippen molar-refractivity contribution >= 4 is 92.7 Å². The molecule has 76 heavy (non-hydrogen) atoms. The third kappa shape index (κ3) is 10.7. The zero-order chi connectivity index (χ0) is 54.5. The minimum absolute atomic E-state index is 0.0181. The summed E-state index contributed by atoms with van der Waals surface area (Å²) >= 11 is 0. The highest BCUT2D eigenvalue weighted by molar-refractivity contribution is 6.07. The quantitative estimate of drug-likeness (QED) is 0.0651. The van der Waals surface area contributed by atoms with Crippen LogP contribution in [0.5, 0.6) is 0 Å². The fourth-order valence-electron chi connectivity index (χ4n) is 8.71. The van der Waals surface area contributed by atoms with E-state index in [1.165, 1.54) is 0 Å². The van der Waals surface area contributed by atoms with Crippen molar-refractivity contribution in [2.45, 2.75) is 83.1 Å². The van der Waals surface area contributed by atoms with Crippen LogP contribution in [0.4, 0.5) is 22.7 Å². The van der Waals surface area contributed by atoms with Crippen LogP contribution in [-0.4, -0.2) is 53.8 Å². The number of nitrogens with zero attached hydrogens (tertiary/aromatic N) is 4. The summed E-state index contributed by atoms with van der Waals surface area (Å²) in [6.07, 6.45) is 7.88. The topological polar surface area (TPSA) is 181 Å². The lowest BCUT2D eigenvalue weighted by atomic mass is 9.94. The number of carbonyl (C=O) groups excluding carboxylic acids is 2. The number of hydrogen-bond acceptors (Lipinski definition) is 6. The smallest absolute Gasteiger partial charge is 0.229 e. The monoisotopic (exact) mass is 1010 g/mol. The number of hydrogen-bond donors (Lipinski definition) is 6. The molecule has 0 aliphatic carbocycles. The summed E-state index contributed by atoms with van der Waals surface area (Å²) in [5, 5.41) is 29.3. The third-order valence-electron chi connectivity index (χ3n) is 13.1. The second-order valence-electron chi connectivity index (χ2n) is 23.4. The summed E-state index contributed by atoms with van der Waals surface area (Å²) in [6, 6.07) is 38.9. The number of benzene rings is 4. The number of carbonyl (C=O) groups is 2. The Balaban J connectivity index is 1.49. The molecular formula is C64H66N8O4. The van der Waals surface area contributed by atoms with Gasteiger partial charge in [-0.05, 0) is 72.8 Å². The van der Waals surface area contributed by atoms with Gasteiger partial charge >= 0.3 is 0 Å². The van der Waals surface area contributed by atoms with Crippen LogP contribution in [0.25, 0.3) is 90.9 Å². The Morgan fingerprint density at radius 1 is 0.395 bits per heavy atom. The Morgan fingerprint density at radius 2 is 0.697 bits per heavy atom. The van der Waals surface area contributed by atoms with E-state index in [4.69, 9.17) is 20.0 Å². The lowest BCUT2D eigenvalue weighted by Crippen LogP contribution is -2.27. The van der Waals surface area contributed by atoms with Gasteiger partial charge < -0.3 is 30.8 Å². The summed E-state index contributed by atoms with van der Waals surface area (Å²) in [4.78, 5) is 55.9. The maximum atomic E-state index is 13.8. The molecule has 0 saturated carbocycles. The Kier molecular flexibility index (Phi) is 13.7. The van der Waals surface area contributed by atoms with Crippen molar-refractivity contribution in [3.63, 3.8) is 0 Å². The minimum Gasteiger partial charge on any atom is -0.496 e. The van der Waals surface area contributed by atoms with Crippen LogP contribution in [0.3, 0.4) is 0 Å². The number of rotatable bonds is 8. The third-order valence-corrected chi connectivity index (χ3v) is 13.1. The van der Waals surface area contributed by atoms with Crippen molar-refractivity contribution in [3.05, 3.63) is 144 Å². The molecule has 2 aliphatic heterocycles. The fraction of sp³-hybridized carbons (Fsp3) is 0.250. The van der Waals surface area contributed by atoms with E-state index < -0.39 is 21.7 Å². The Morgan fingerprint density at radius 3 is 1.08 bits per heavy atom. The number of anilines is 2. The van der Waals surface area contributed by atoms with Crippen LogP contribution in [0.2, 0.25) is 0 Å². The van der Waals surface area contributed by atoms with Gasteiger partial charge in [0, 0.05) is 99.6 Å². The summed E-state index contributed by atoms with van der Waals surface area (Å²) in [5.41, 5.74) is 10.6. The van der Waals surface area contributed by atoms with Gasteiger partial charge in [-0.1, -0.05) is 156 Å². The van der Waals surface area contributed by atoms with E-state index in [0.717, 1.165) is 27.7 Å². The van der Waals surface area contributed by atoms with Gasteiger partial charge in [-0.3, -0.25) is 9.59 Å². The first-order chi connectivity index (χ1) is 35.9. The van der Waals surface area contributed by atoms with Gasteiger partial charge in [0.2, 0.25) is 11.8 Å². The van der Waals surface area contributed by atoms with Gasteiger partial charge in [0.25, 0.3) is 0 Å². The van der Waals surface area contributed by atoms with Crippen molar-refractivity contribution in [2.75, 3.05) is 10.6 Å². The van der Waals surface area contributed by atoms with Crippen molar-refractivity contribution in [3.8, 4) is 44.5 Å². The van der Waals surface area contributed by atoms with E-state index in [2.05, 4.69) is 20.6 Å². The number of aliphatic imine (C=N–C) groups is 2. The number of aromatic nitrogens is 4. The standard InChI is InChI=1S/C64H66N8O4/c1-61(2,3)57(73)69-41-25-17-13-21-37(41)53-45-29-31-47(65-45)54(38-22-14-18-26-42(38)70-58(74)62(4,5)6)49-33-35-51(67-49)56(40-24-16-20-28-44(40)72-60(76)64(10,11)12)52-36-34-50(68-52)55(48-32-30-46(53)66-48)39-23-15-19-27-43(39)71-59(75)63(7,8)9/h13-36,65-66H,1-12H3,(H,69,73)(H,70,74)(H,71,75)(H,72,76). The van der Waals surface area contributed by atoms with Crippen LogP contribution < -0.4 is 10.6 Å². The van der Waals surface area contributed by atoms with Crippen LogP contribution in [-0.2, 0) is 9.59 Å². The molecule has 0 fully saturated rings. The number of aromatic amines is 2. The van der Waals surface area contributed by atoms with E-state index >= 15 is 0 Å². The van der Waals surface area contributed by atoms with Crippen LogP contribution in [0.1, 0.15) is 106 Å². The van der Waals surface area contributed by atoms with Gasteiger partial charge in [0.15, 0.2) is 11.8 Å². The molecule has 12 heteroatoms. The van der Waals surface area contributed by atoms with Crippen molar-refractivity contribution in [1.82, 2.24) is 19.9 Å². The molecule has 2 amide bonds. The number of para-hydroxylation sites is 4. The number of aliphatic hydroxyl groups is 2. The predicted molar refractivity (Wildman–Crippen MR) is 315 cm³/mol. The van der Waals surface area contributed by atoms with E-state index in [0.29, 0.717) is 84.4 Å². The van der Waals surface area contributed by atoms with E-state index in [1.54, 1.807) is 0 Å². The predicted octanol–water partition coefficient (Wildman–Crippen LogP) is 16.6. The number of amides is 2. The van der Waals surface area contributed by atoms with Crippen LogP contribution in [0, 0.1) is 21.7 Å². The highest BCUT2D eigenvalue weighted by Crippen LogP contribution is 2.44. The molecule has 2 aliphatic rings. The molecule has 5 heterocycles. The highest BCUT2D eigenvalue weighted by Gasteiger charge is 2.28. The zero-order valence-electron chi connectivity index (χ0n) is 45.4. The summed E-state index contributed by atoms with van der Waals surface area (Å²) in [5.74, 6) is -0.344. The Labute approximate surface area is 444 Å². The number of nitrogens with one attached hydrogen (secondary N) is 4. The average molecular weight is 1010 g/mol. The number of aliphatic hydroxyl groups excluding tert-OH is 2. The lowest BCUT2D eigenvalue weighted by Gasteiger charge is -2.20. The first-order valence-corrected chi connectivity index (χ1v) is 25.6. The molecular weight excluding hydrogens is 945 g/mol. The lowest BCUT2D eigenvalue weighted by molar-refractivity contribution is -0.123. The molecule has 386 valence electrons. The molecule has 4 aromatic carbocycles. The first-order valence-electron chi connectivity index (χ1n) is 25.6. The van der Waals surface area contributed by atoms with Gasteiger partial charge in [-0.25, -0.2) is 20.0 Å². The maximum Gasteiger partial charge on any atom is 0.229 e. The van der Waals surface area contributed by atoms with E-state index in [9.17, 15) is 19.8 Å². The fourth-order valence-corrected chi connectivity index (χ4v) is 8.71. The molecule has 0 saturated heterocycles. The maximum absolute atomic E-state index is 13.8. The zero-order valence-corrected chi connectivity index (χ0v) is 45.4. The molecule has 0 unspecified atom stereocenters. The summed E-state index contributed by atoms with van der Waals surface area (Å²) < 4.78 is 0. The molecule has 8 bridgehead atoms. The molecule has 9 rings (SSSR count). The molecule has 0 atom stereocenters. The first kappa shape index (κ1) is 52.2. The summed E-state index contributed by atoms with van der Waals surface area (Å²) in [6.45, 7) is 22.8.